The highest BCUT2D eigenvalue weighted by Crippen LogP contribution is 2.57. The maximum atomic E-state index is 12.0. The fourth-order valence-electron chi connectivity index (χ4n) is 3.43. The minimum absolute atomic E-state index is 0.0374. The largest absolute Gasteiger partial charge is 0.459 e. The number of hydrogen-bond acceptors (Lipinski definition) is 4. The van der Waals surface area contributed by atoms with Crippen LogP contribution in [0.25, 0.3) is 0 Å². The van der Waals surface area contributed by atoms with Crippen LogP contribution >= 0.6 is 0 Å². The topological polar surface area (TPSA) is 75.6 Å². The van der Waals surface area contributed by atoms with Crippen molar-refractivity contribution in [2.24, 2.45) is 17.8 Å². The van der Waals surface area contributed by atoms with Gasteiger partial charge in [0, 0.05) is 5.92 Å². The molecular formula is C17H21NO4. The summed E-state index contributed by atoms with van der Waals surface area (Å²) in [6, 6.07) is 9.27. The first-order valence-corrected chi connectivity index (χ1v) is 7.83. The molecule has 0 saturated heterocycles. The third-order valence-electron chi connectivity index (χ3n) is 4.67. The predicted molar refractivity (Wildman–Crippen MR) is 79.6 cm³/mol. The van der Waals surface area contributed by atoms with E-state index in [4.69, 9.17) is 4.74 Å². The summed E-state index contributed by atoms with van der Waals surface area (Å²) in [5, 5.41) is 12.4. The molecule has 5 nitrogen and oxygen atoms in total. The lowest BCUT2D eigenvalue weighted by molar-refractivity contribution is -0.154. The molecule has 3 rings (SSSR count). The van der Waals surface area contributed by atoms with Gasteiger partial charge in [0.2, 0.25) is 5.91 Å². The van der Waals surface area contributed by atoms with Gasteiger partial charge in [-0.1, -0.05) is 36.8 Å². The van der Waals surface area contributed by atoms with Gasteiger partial charge in [-0.25, -0.2) is 4.79 Å². The van der Waals surface area contributed by atoms with E-state index in [1.165, 1.54) is 6.42 Å². The number of nitrogens with one attached hydrogen (secondary N) is 1. The first-order chi connectivity index (χ1) is 10.7. The van der Waals surface area contributed by atoms with E-state index in [2.05, 4.69) is 5.32 Å². The van der Waals surface area contributed by atoms with Gasteiger partial charge in [0.1, 0.15) is 6.61 Å². The van der Waals surface area contributed by atoms with E-state index in [0.29, 0.717) is 11.8 Å². The highest BCUT2D eigenvalue weighted by Gasteiger charge is 2.56. The van der Waals surface area contributed by atoms with Crippen molar-refractivity contribution in [2.75, 3.05) is 6.54 Å². The van der Waals surface area contributed by atoms with Crippen LogP contribution in [0.4, 0.5) is 0 Å². The van der Waals surface area contributed by atoms with E-state index in [1.807, 2.05) is 30.3 Å². The second kappa shape index (κ2) is 6.48. The smallest absolute Gasteiger partial charge is 0.337 e. The highest BCUT2D eigenvalue weighted by atomic mass is 16.5. The summed E-state index contributed by atoms with van der Waals surface area (Å²) in [6.07, 6.45) is 2.16. The lowest BCUT2D eigenvalue weighted by atomic mass is 10.1. The first-order valence-electron chi connectivity index (χ1n) is 7.83. The molecule has 118 valence electrons. The van der Waals surface area contributed by atoms with Gasteiger partial charge < -0.3 is 15.2 Å². The van der Waals surface area contributed by atoms with Crippen molar-refractivity contribution >= 4 is 11.9 Å². The molecule has 1 aromatic carbocycles. The number of carbonyl (C=O) groups is 2. The second-order valence-corrected chi connectivity index (χ2v) is 6.14. The van der Waals surface area contributed by atoms with Gasteiger partial charge in [-0.15, -0.1) is 0 Å². The number of aliphatic hydroxyl groups is 1. The zero-order valence-electron chi connectivity index (χ0n) is 12.4. The van der Waals surface area contributed by atoms with Crippen LogP contribution in [-0.2, 0) is 20.9 Å². The molecule has 0 aromatic heterocycles. The minimum Gasteiger partial charge on any atom is -0.459 e. The van der Waals surface area contributed by atoms with Crippen LogP contribution in [0.15, 0.2) is 30.3 Å². The zero-order valence-corrected chi connectivity index (χ0v) is 12.4. The standard InChI is InChI=1S/C17H21NO4/c19-14(17(21)22-10-11-5-2-1-3-6-11)9-18-16(20)15-12-7-4-8-13(12)15/h1-3,5-6,12-15,19H,4,7-10H2,(H,18,20). The van der Waals surface area contributed by atoms with E-state index < -0.39 is 12.1 Å². The molecule has 0 spiro atoms. The zero-order chi connectivity index (χ0) is 15.5. The van der Waals surface area contributed by atoms with Crippen LogP contribution in [-0.4, -0.2) is 29.6 Å². The molecule has 1 amide bonds. The summed E-state index contributed by atoms with van der Waals surface area (Å²) >= 11 is 0. The minimum atomic E-state index is -1.31. The van der Waals surface area contributed by atoms with Crippen molar-refractivity contribution in [3.8, 4) is 0 Å². The summed E-state index contributed by atoms with van der Waals surface area (Å²) in [6.45, 7) is 0.0415. The van der Waals surface area contributed by atoms with Gasteiger partial charge in [-0.05, 0) is 30.2 Å². The molecule has 1 aromatic rings. The lowest BCUT2D eigenvalue weighted by Crippen LogP contribution is -2.38. The lowest BCUT2D eigenvalue weighted by Gasteiger charge is -2.12. The van der Waals surface area contributed by atoms with Crippen molar-refractivity contribution in [3.63, 3.8) is 0 Å². The van der Waals surface area contributed by atoms with Crippen molar-refractivity contribution in [1.29, 1.82) is 0 Å². The molecule has 0 heterocycles. The van der Waals surface area contributed by atoms with Crippen molar-refractivity contribution in [2.45, 2.75) is 32.0 Å². The summed E-state index contributed by atoms with van der Waals surface area (Å²) < 4.78 is 5.03. The van der Waals surface area contributed by atoms with E-state index in [-0.39, 0.29) is 25.0 Å². The molecule has 5 heteroatoms. The Morgan fingerprint density at radius 2 is 1.91 bits per heavy atom. The summed E-state index contributed by atoms with van der Waals surface area (Å²) in [7, 11) is 0. The Kier molecular flexibility index (Phi) is 4.43. The summed E-state index contributed by atoms with van der Waals surface area (Å²) in [5.41, 5.74) is 0.859. The number of hydrogen-bond donors (Lipinski definition) is 2. The number of esters is 1. The van der Waals surface area contributed by atoms with Crippen molar-refractivity contribution in [1.82, 2.24) is 5.32 Å². The van der Waals surface area contributed by atoms with Crippen LogP contribution < -0.4 is 5.32 Å². The average Bonchev–Trinajstić information content (AvgIpc) is 3.03. The van der Waals surface area contributed by atoms with Gasteiger partial charge in [0.05, 0.1) is 6.54 Å². The number of aliphatic hydroxyl groups excluding tert-OH is 1. The monoisotopic (exact) mass is 303 g/mol. The SMILES string of the molecule is O=C(OCc1ccccc1)C(O)CNC(=O)C1C2CCCC21. The van der Waals surface area contributed by atoms with Crippen molar-refractivity contribution < 1.29 is 19.4 Å². The van der Waals surface area contributed by atoms with E-state index in [0.717, 1.165) is 18.4 Å². The van der Waals surface area contributed by atoms with E-state index in [9.17, 15) is 14.7 Å². The molecule has 0 aliphatic heterocycles. The Balaban J connectivity index is 1.37. The van der Waals surface area contributed by atoms with Crippen molar-refractivity contribution in [3.05, 3.63) is 35.9 Å². The molecule has 0 radical (unpaired) electrons. The van der Waals surface area contributed by atoms with Crippen LogP contribution in [0, 0.1) is 17.8 Å². The number of amides is 1. The van der Waals surface area contributed by atoms with Gasteiger partial charge in [0.15, 0.2) is 6.10 Å². The van der Waals surface area contributed by atoms with Gasteiger partial charge in [0.25, 0.3) is 0 Å². The second-order valence-electron chi connectivity index (χ2n) is 6.14. The number of ether oxygens (including phenoxy) is 1. The molecule has 3 unspecified atom stereocenters. The maximum Gasteiger partial charge on any atom is 0.337 e. The quantitative estimate of drug-likeness (QED) is 0.776. The van der Waals surface area contributed by atoms with E-state index in [1.54, 1.807) is 0 Å². The number of carbonyl (C=O) groups excluding carboxylic acids is 2. The average molecular weight is 303 g/mol. The van der Waals surface area contributed by atoms with Gasteiger partial charge >= 0.3 is 5.97 Å². The highest BCUT2D eigenvalue weighted by molar-refractivity contribution is 5.83. The Bertz CT molecular complexity index is 535. The Morgan fingerprint density at radius 3 is 2.59 bits per heavy atom. The molecular weight excluding hydrogens is 282 g/mol. The van der Waals surface area contributed by atoms with Crippen LogP contribution in [0.1, 0.15) is 24.8 Å². The third-order valence-corrected chi connectivity index (χ3v) is 4.67. The molecule has 2 saturated carbocycles. The Hall–Kier alpha value is -1.88. The van der Waals surface area contributed by atoms with Crippen LogP contribution in [0.5, 0.6) is 0 Å². The molecule has 2 N–H and O–H groups in total. The van der Waals surface area contributed by atoms with E-state index >= 15 is 0 Å². The normalized spacial score (nSPS) is 26.9. The fourth-order valence-corrected chi connectivity index (χ4v) is 3.43. The first kappa shape index (κ1) is 15.0. The molecule has 0 bridgehead atoms. The molecule has 3 atom stereocenters. The number of fused-ring (bicyclic) bond motifs is 1. The summed E-state index contributed by atoms with van der Waals surface area (Å²) in [5.74, 6) is 0.412. The molecule has 2 aliphatic rings. The van der Waals surface area contributed by atoms with Crippen LogP contribution in [0.2, 0.25) is 0 Å². The predicted octanol–water partition coefficient (Wildman–Crippen LogP) is 1.25. The Labute approximate surface area is 129 Å². The third kappa shape index (κ3) is 3.30. The molecule has 2 fully saturated rings. The molecule has 2 aliphatic carbocycles. The molecule has 22 heavy (non-hydrogen) atoms. The Morgan fingerprint density at radius 1 is 1.23 bits per heavy atom. The number of rotatable bonds is 6. The maximum absolute atomic E-state index is 12.0. The fraction of sp³-hybridized carbons (Fsp3) is 0.529. The van der Waals surface area contributed by atoms with Crippen LogP contribution in [0.3, 0.4) is 0 Å². The van der Waals surface area contributed by atoms with Gasteiger partial charge in [-0.3, -0.25) is 4.79 Å². The number of benzene rings is 1. The summed E-state index contributed by atoms with van der Waals surface area (Å²) in [4.78, 5) is 23.6. The van der Waals surface area contributed by atoms with Gasteiger partial charge in [-0.2, -0.15) is 0 Å².